The molecule has 1 spiro atoms. The lowest BCUT2D eigenvalue weighted by Crippen LogP contribution is -2.46. The summed E-state index contributed by atoms with van der Waals surface area (Å²) in [6.07, 6.45) is 3.53. The number of ether oxygens (including phenoxy) is 2. The first-order valence-electron chi connectivity index (χ1n) is 13.2. The van der Waals surface area contributed by atoms with Crippen LogP contribution in [0.1, 0.15) is 37.1 Å². The van der Waals surface area contributed by atoms with Gasteiger partial charge in [0.1, 0.15) is 11.5 Å². The van der Waals surface area contributed by atoms with Gasteiger partial charge in [0.05, 0.1) is 7.11 Å². The molecule has 0 atom stereocenters. The van der Waals surface area contributed by atoms with Crippen LogP contribution in [0, 0.1) is 12.3 Å². The van der Waals surface area contributed by atoms with Gasteiger partial charge in [0, 0.05) is 44.6 Å². The number of aromatic nitrogens is 2. The van der Waals surface area contributed by atoms with Gasteiger partial charge in [-0.1, -0.05) is 23.4 Å². The Morgan fingerprint density at radius 2 is 1.68 bits per heavy atom. The van der Waals surface area contributed by atoms with Crippen LogP contribution in [0.3, 0.4) is 0 Å². The Balaban J connectivity index is 1.06. The molecular formula is C29H34N4O5. The normalized spacial score (nSPS) is 16.6. The second-order valence-electron chi connectivity index (χ2n) is 10.2. The van der Waals surface area contributed by atoms with Gasteiger partial charge in [-0.3, -0.25) is 9.59 Å². The third kappa shape index (κ3) is 5.82. The molecule has 0 N–H and O–H groups in total. The number of para-hydroxylation sites is 1. The van der Waals surface area contributed by atoms with E-state index in [2.05, 4.69) is 10.1 Å². The quantitative estimate of drug-likeness (QED) is 0.446. The average molecular weight is 519 g/mol. The summed E-state index contributed by atoms with van der Waals surface area (Å²) in [7, 11) is 1.62. The summed E-state index contributed by atoms with van der Waals surface area (Å²) in [6.45, 7) is 4.93. The number of hydrogen-bond donors (Lipinski definition) is 0. The number of amides is 2. The molecule has 2 aliphatic heterocycles. The van der Waals surface area contributed by atoms with Crippen LogP contribution in [0.25, 0.3) is 11.4 Å². The number of benzene rings is 2. The molecule has 2 saturated heterocycles. The molecule has 38 heavy (non-hydrogen) atoms. The summed E-state index contributed by atoms with van der Waals surface area (Å²) >= 11 is 0. The topological polar surface area (TPSA) is 98.0 Å². The fourth-order valence-electron chi connectivity index (χ4n) is 5.32. The molecule has 3 aromatic rings. The highest BCUT2D eigenvalue weighted by Crippen LogP contribution is 2.40. The van der Waals surface area contributed by atoms with Crippen molar-refractivity contribution in [2.24, 2.45) is 5.41 Å². The Kier molecular flexibility index (Phi) is 7.62. The van der Waals surface area contributed by atoms with Gasteiger partial charge in [0.25, 0.3) is 5.91 Å². The molecule has 0 radical (unpaired) electrons. The van der Waals surface area contributed by atoms with E-state index in [9.17, 15) is 9.59 Å². The van der Waals surface area contributed by atoms with Gasteiger partial charge in [0.2, 0.25) is 17.6 Å². The zero-order valence-electron chi connectivity index (χ0n) is 22.0. The maximum atomic E-state index is 13.0. The Labute approximate surface area is 222 Å². The minimum atomic E-state index is 0.0163. The SMILES string of the molecule is COc1ccc(-c2noc(CCC(=O)N3CCC4(CCN(C(=O)COc5ccccc5C)CC4)C3)n2)cc1. The van der Waals surface area contributed by atoms with Crippen molar-refractivity contribution in [1.29, 1.82) is 0 Å². The molecule has 2 aliphatic rings. The average Bonchev–Trinajstić information content (AvgIpc) is 3.59. The van der Waals surface area contributed by atoms with E-state index >= 15 is 0 Å². The van der Waals surface area contributed by atoms with Gasteiger partial charge in [-0.25, -0.2) is 0 Å². The zero-order chi connectivity index (χ0) is 26.5. The predicted molar refractivity (Wildman–Crippen MR) is 141 cm³/mol. The largest absolute Gasteiger partial charge is 0.497 e. The van der Waals surface area contributed by atoms with E-state index in [0.29, 0.717) is 37.6 Å². The minimum absolute atomic E-state index is 0.0163. The first-order chi connectivity index (χ1) is 18.4. The molecule has 2 aromatic carbocycles. The van der Waals surface area contributed by atoms with Crippen LogP contribution in [0.2, 0.25) is 0 Å². The zero-order valence-corrected chi connectivity index (χ0v) is 22.0. The van der Waals surface area contributed by atoms with Crippen molar-refractivity contribution in [2.75, 3.05) is 39.9 Å². The number of nitrogens with zero attached hydrogens (tertiary/aromatic N) is 4. The highest BCUT2D eigenvalue weighted by Gasteiger charge is 2.42. The lowest BCUT2D eigenvalue weighted by molar-refractivity contribution is -0.136. The van der Waals surface area contributed by atoms with Crippen LogP contribution < -0.4 is 9.47 Å². The van der Waals surface area contributed by atoms with E-state index in [1.54, 1.807) is 7.11 Å². The summed E-state index contributed by atoms with van der Waals surface area (Å²) in [5.74, 6) is 2.59. The van der Waals surface area contributed by atoms with E-state index in [4.69, 9.17) is 14.0 Å². The highest BCUT2D eigenvalue weighted by molar-refractivity contribution is 5.78. The molecule has 1 aromatic heterocycles. The van der Waals surface area contributed by atoms with Gasteiger partial charge in [-0.15, -0.1) is 0 Å². The second kappa shape index (κ2) is 11.2. The van der Waals surface area contributed by atoms with Crippen molar-refractivity contribution in [2.45, 2.75) is 39.0 Å². The van der Waals surface area contributed by atoms with Crippen LogP contribution in [-0.4, -0.2) is 71.7 Å². The fraction of sp³-hybridized carbons (Fsp3) is 0.448. The smallest absolute Gasteiger partial charge is 0.260 e. The van der Waals surface area contributed by atoms with Crippen molar-refractivity contribution in [3.05, 3.63) is 60.0 Å². The number of aryl methyl sites for hydroxylation is 2. The van der Waals surface area contributed by atoms with Crippen molar-refractivity contribution in [1.82, 2.24) is 19.9 Å². The number of methoxy groups -OCH3 is 1. The molecule has 5 rings (SSSR count). The van der Waals surface area contributed by atoms with Crippen molar-refractivity contribution in [3.63, 3.8) is 0 Å². The van der Waals surface area contributed by atoms with Crippen molar-refractivity contribution < 1.29 is 23.6 Å². The summed E-state index contributed by atoms with van der Waals surface area (Å²) in [4.78, 5) is 34.0. The first kappa shape index (κ1) is 25.8. The lowest BCUT2D eigenvalue weighted by atomic mass is 9.78. The summed E-state index contributed by atoms with van der Waals surface area (Å²) in [5.41, 5.74) is 1.94. The fourth-order valence-corrected chi connectivity index (χ4v) is 5.32. The van der Waals surface area contributed by atoms with E-state index in [1.165, 1.54) is 0 Å². The molecule has 9 nitrogen and oxygen atoms in total. The van der Waals surface area contributed by atoms with Gasteiger partial charge in [0.15, 0.2) is 6.61 Å². The number of piperidine rings is 1. The van der Waals surface area contributed by atoms with Crippen LogP contribution in [-0.2, 0) is 16.0 Å². The molecule has 3 heterocycles. The Morgan fingerprint density at radius 3 is 2.39 bits per heavy atom. The highest BCUT2D eigenvalue weighted by atomic mass is 16.5. The summed E-state index contributed by atoms with van der Waals surface area (Å²) < 4.78 is 16.3. The van der Waals surface area contributed by atoms with Crippen LogP contribution in [0.5, 0.6) is 11.5 Å². The molecule has 9 heteroatoms. The predicted octanol–water partition coefficient (Wildman–Crippen LogP) is 3.91. The number of hydrogen-bond acceptors (Lipinski definition) is 7. The van der Waals surface area contributed by atoms with E-state index in [-0.39, 0.29) is 23.8 Å². The molecule has 2 fully saturated rings. The Morgan fingerprint density at radius 1 is 0.974 bits per heavy atom. The maximum absolute atomic E-state index is 13.0. The summed E-state index contributed by atoms with van der Waals surface area (Å²) in [6, 6.07) is 15.2. The van der Waals surface area contributed by atoms with Gasteiger partial charge < -0.3 is 23.8 Å². The number of likely N-dealkylation sites (tertiary alicyclic amines) is 2. The Hall–Kier alpha value is -3.88. The van der Waals surface area contributed by atoms with Crippen molar-refractivity contribution in [3.8, 4) is 22.9 Å². The van der Waals surface area contributed by atoms with Crippen LogP contribution >= 0.6 is 0 Å². The molecular weight excluding hydrogens is 484 g/mol. The van der Waals surface area contributed by atoms with E-state index in [0.717, 1.165) is 55.0 Å². The second-order valence-corrected chi connectivity index (χ2v) is 10.2. The molecule has 200 valence electrons. The molecule has 2 amide bonds. The maximum Gasteiger partial charge on any atom is 0.260 e. The molecule has 0 saturated carbocycles. The van der Waals surface area contributed by atoms with E-state index < -0.39 is 0 Å². The van der Waals surface area contributed by atoms with Crippen molar-refractivity contribution >= 4 is 11.8 Å². The number of carbonyl (C=O) groups excluding carboxylic acids is 2. The van der Waals surface area contributed by atoms with E-state index in [1.807, 2.05) is 65.3 Å². The third-order valence-electron chi connectivity index (χ3n) is 7.78. The monoisotopic (exact) mass is 518 g/mol. The van der Waals surface area contributed by atoms with Crippen LogP contribution in [0.4, 0.5) is 0 Å². The third-order valence-corrected chi connectivity index (χ3v) is 7.78. The molecule has 0 bridgehead atoms. The standard InChI is InChI=1S/C29H34N4O5/c1-21-5-3-4-6-24(21)37-19-27(35)32-16-13-29(14-17-32)15-18-33(20-29)26(34)12-11-25-30-28(31-38-25)22-7-9-23(36-2)10-8-22/h3-10H,11-20H2,1-2H3. The molecule has 0 aliphatic carbocycles. The number of carbonyl (C=O) groups is 2. The van der Waals surface area contributed by atoms with Crippen LogP contribution in [0.15, 0.2) is 53.1 Å². The first-order valence-corrected chi connectivity index (χ1v) is 13.2. The van der Waals surface area contributed by atoms with Gasteiger partial charge in [-0.05, 0) is 67.5 Å². The van der Waals surface area contributed by atoms with Gasteiger partial charge >= 0.3 is 0 Å². The van der Waals surface area contributed by atoms with Gasteiger partial charge in [-0.2, -0.15) is 4.98 Å². The lowest BCUT2D eigenvalue weighted by Gasteiger charge is -2.39. The molecule has 0 unspecified atom stereocenters. The summed E-state index contributed by atoms with van der Waals surface area (Å²) in [5, 5.41) is 4.05. The minimum Gasteiger partial charge on any atom is -0.497 e. The Bertz CT molecular complexity index is 1260. The number of rotatable bonds is 8.